The molecule has 1 aromatic heterocycles. The summed E-state index contributed by atoms with van der Waals surface area (Å²) in [6, 6.07) is 15.4. The molecule has 1 saturated heterocycles. The molecule has 22 heavy (non-hydrogen) atoms. The van der Waals surface area contributed by atoms with E-state index in [-0.39, 0.29) is 0 Å². The van der Waals surface area contributed by atoms with Gasteiger partial charge in [-0.2, -0.15) is 0 Å². The van der Waals surface area contributed by atoms with Crippen LogP contribution in [0, 0.1) is 0 Å². The number of ether oxygens (including phenoxy) is 1. The predicted molar refractivity (Wildman–Crippen MR) is 88.9 cm³/mol. The van der Waals surface area contributed by atoms with Gasteiger partial charge in [-0.25, -0.2) is 4.98 Å². The first-order valence-electron chi connectivity index (χ1n) is 8.23. The minimum atomic E-state index is 0.470. The summed E-state index contributed by atoms with van der Waals surface area (Å²) in [6.45, 7) is 4.82. The maximum Gasteiger partial charge on any atom is 0.213 e. The number of rotatable bonds is 5. The molecule has 1 aromatic carbocycles. The van der Waals surface area contributed by atoms with Gasteiger partial charge in [-0.3, -0.25) is 4.90 Å². The van der Waals surface area contributed by atoms with Crippen LogP contribution in [-0.2, 0) is 6.54 Å². The van der Waals surface area contributed by atoms with Crippen molar-refractivity contribution in [2.24, 2.45) is 0 Å². The molecule has 116 valence electrons. The summed E-state index contributed by atoms with van der Waals surface area (Å²) in [5, 5.41) is 0. The molecule has 1 fully saturated rings. The van der Waals surface area contributed by atoms with Crippen LogP contribution in [0.25, 0.3) is 0 Å². The lowest BCUT2D eigenvalue weighted by Crippen LogP contribution is -2.32. The number of aromatic nitrogens is 1. The van der Waals surface area contributed by atoms with E-state index in [0.29, 0.717) is 12.6 Å². The van der Waals surface area contributed by atoms with Crippen LogP contribution in [0.3, 0.4) is 0 Å². The highest BCUT2D eigenvalue weighted by molar-refractivity contribution is 5.22. The summed E-state index contributed by atoms with van der Waals surface area (Å²) in [7, 11) is 0. The van der Waals surface area contributed by atoms with Crippen molar-refractivity contribution in [2.45, 2.75) is 38.8 Å². The van der Waals surface area contributed by atoms with Crippen molar-refractivity contribution in [1.29, 1.82) is 0 Å². The fourth-order valence-electron chi connectivity index (χ4n) is 3.20. The lowest BCUT2D eigenvalue weighted by Gasteiger charge is -2.36. The third-order valence-electron chi connectivity index (χ3n) is 4.28. The van der Waals surface area contributed by atoms with Crippen molar-refractivity contribution in [3.8, 4) is 5.88 Å². The fraction of sp³-hybridized carbons (Fsp3) is 0.421. The van der Waals surface area contributed by atoms with Crippen LogP contribution >= 0.6 is 0 Å². The van der Waals surface area contributed by atoms with Gasteiger partial charge in [0.15, 0.2) is 0 Å². The van der Waals surface area contributed by atoms with Crippen LogP contribution < -0.4 is 4.74 Å². The summed E-state index contributed by atoms with van der Waals surface area (Å²) in [5.41, 5.74) is 2.69. The highest BCUT2D eigenvalue weighted by atomic mass is 16.5. The third-order valence-corrected chi connectivity index (χ3v) is 4.28. The standard InChI is InChI=1S/C19H24N2O/c1-2-22-19-12-11-17(14-20-19)18-10-6-7-13-21(18)15-16-8-4-3-5-9-16/h3-5,8-9,11-12,14,18H,2,6-7,10,13,15H2,1H3. The molecule has 2 aromatic rings. The van der Waals surface area contributed by atoms with E-state index in [4.69, 9.17) is 4.74 Å². The molecule has 1 aliphatic rings. The Morgan fingerprint density at radius 1 is 1.14 bits per heavy atom. The zero-order valence-electron chi connectivity index (χ0n) is 13.2. The van der Waals surface area contributed by atoms with Gasteiger partial charge in [0.2, 0.25) is 5.88 Å². The summed E-state index contributed by atoms with van der Waals surface area (Å²) in [5.74, 6) is 0.719. The van der Waals surface area contributed by atoms with E-state index in [0.717, 1.165) is 19.0 Å². The van der Waals surface area contributed by atoms with E-state index in [1.54, 1.807) is 0 Å². The topological polar surface area (TPSA) is 25.4 Å². The Bertz CT molecular complexity index is 568. The number of hydrogen-bond donors (Lipinski definition) is 0. The van der Waals surface area contributed by atoms with Crippen molar-refractivity contribution in [2.75, 3.05) is 13.2 Å². The number of likely N-dealkylation sites (tertiary alicyclic amines) is 1. The monoisotopic (exact) mass is 296 g/mol. The van der Waals surface area contributed by atoms with Crippen molar-refractivity contribution < 1.29 is 4.74 Å². The van der Waals surface area contributed by atoms with Crippen LogP contribution in [-0.4, -0.2) is 23.0 Å². The van der Waals surface area contributed by atoms with Crippen molar-refractivity contribution in [3.63, 3.8) is 0 Å². The molecule has 2 heterocycles. The van der Waals surface area contributed by atoms with Gasteiger partial charge >= 0.3 is 0 Å². The molecule has 0 aliphatic carbocycles. The Morgan fingerprint density at radius 2 is 2.00 bits per heavy atom. The van der Waals surface area contributed by atoms with E-state index in [1.165, 1.54) is 30.4 Å². The van der Waals surface area contributed by atoms with Crippen LogP contribution in [0.15, 0.2) is 48.7 Å². The summed E-state index contributed by atoms with van der Waals surface area (Å²) in [4.78, 5) is 7.02. The highest BCUT2D eigenvalue weighted by Crippen LogP contribution is 2.32. The molecule has 0 radical (unpaired) electrons. The largest absolute Gasteiger partial charge is 0.478 e. The van der Waals surface area contributed by atoms with Crippen LogP contribution in [0.4, 0.5) is 0 Å². The maximum atomic E-state index is 5.45. The first-order chi connectivity index (χ1) is 10.9. The molecule has 1 aliphatic heterocycles. The van der Waals surface area contributed by atoms with E-state index in [9.17, 15) is 0 Å². The predicted octanol–water partition coefficient (Wildman–Crippen LogP) is 4.21. The van der Waals surface area contributed by atoms with Crippen LogP contribution in [0.2, 0.25) is 0 Å². The molecule has 0 spiro atoms. The highest BCUT2D eigenvalue weighted by Gasteiger charge is 2.24. The minimum absolute atomic E-state index is 0.470. The number of nitrogens with zero attached hydrogens (tertiary/aromatic N) is 2. The summed E-state index contributed by atoms with van der Waals surface area (Å²) >= 11 is 0. The van der Waals surface area contributed by atoms with E-state index in [1.807, 2.05) is 19.2 Å². The molecule has 0 bridgehead atoms. The maximum absolute atomic E-state index is 5.45. The normalized spacial score (nSPS) is 19.0. The SMILES string of the molecule is CCOc1ccc(C2CCCCN2Cc2ccccc2)cn1. The second kappa shape index (κ2) is 7.41. The number of hydrogen-bond acceptors (Lipinski definition) is 3. The molecular formula is C19H24N2O. The van der Waals surface area contributed by atoms with Crippen molar-refractivity contribution in [3.05, 3.63) is 59.8 Å². The van der Waals surface area contributed by atoms with Gasteiger partial charge in [0, 0.05) is 24.8 Å². The van der Waals surface area contributed by atoms with E-state index >= 15 is 0 Å². The first kappa shape index (κ1) is 15.0. The lowest BCUT2D eigenvalue weighted by atomic mass is 9.96. The van der Waals surface area contributed by atoms with Gasteiger partial charge in [0.1, 0.15) is 0 Å². The number of pyridine rings is 1. The van der Waals surface area contributed by atoms with Crippen molar-refractivity contribution >= 4 is 0 Å². The Morgan fingerprint density at radius 3 is 2.73 bits per heavy atom. The molecule has 0 saturated carbocycles. The third kappa shape index (κ3) is 3.66. The van der Waals surface area contributed by atoms with Gasteiger partial charge in [-0.15, -0.1) is 0 Å². The van der Waals surface area contributed by atoms with Gasteiger partial charge in [-0.05, 0) is 37.4 Å². The second-order valence-corrected chi connectivity index (χ2v) is 5.83. The zero-order chi connectivity index (χ0) is 15.2. The zero-order valence-corrected chi connectivity index (χ0v) is 13.2. The van der Waals surface area contributed by atoms with E-state index in [2.05, 4.69) is 46.3 Å². The molecule has 0 amide bonds. The smallest absolute Gasteiger partial charge is 0.213 e. The minimum Gasteiger partial charge on any atom is -0.478 e. The summed E-state index contributed by atoms with van der Waals surface area (Å²) < 4.78 is 5.45. The Balaban J connectivity index is 1.74. The van der Waals surface area contributed by atoms with E-state index < -0.39 is 0 Å². The van der Waals surface area contributed by atoms with Gasteiger partial charge in [0.25, 0.3) is 0 Å². The van der Waals surface area contributed by atoms with Gasteiger partial charge in [0.05, 0.1) is 6.61 Å². The molecule has 3 nitrogen and oxygen atoms in total. The van der Waals surface area contributed by atoms with Crippen molar-refractivity contribution in [1.82, 2.24) is 9.88 Å². The first-order valence-corrected chi connectivity index (χ1v) is 8.23. The molecular weight excluding hydrogens is 272 g/mol. The molecule has 3 rings (SSSR count). The molecule has 3 heteroatoms. The Kier molecular flexibility index (Phi) is 5.07. The van der Waals surface area contributed by atoms with Crippen LogP contribution in [0.5, 0.6) is 5.88 Å². The molecule has 1 unspecified atom stereocenters. The van der Waals surface area contributed by atoms with Crippen LogP contribution in [0.1, 0.15) is 43.4 Å². The fourth-order valence-corrected chi connectivity index (χ4v) is 3.20. The lowest BCUT2D eigenvalue weighted by molar-refractivity contribution is 0.140. The molecule has 0 N–H and O–H groups in total. The van der Waals surface area contributed by atoms with Gasteiger partial charge < -0.3 is 4.74 Å². The second-order valence-electron chi connectivity index (χ2n) is 5.83. The Labute approximate surface area is 132 Å². The molecule has 1 atom stereocenters. The summed E-state index contributed by atoms with van der Waals surface area (Å²) in [6.07, 6.45) is 5.78. The number of benzene rings is 1. The number of piperidine rings is 1. The average molecular weight is 296 g/mol. The quantitative estimate of drug-likeness (QED) is 0.826. The Hall–Kier alpha value is -1.87. The average Bonchev–Trinajstić information content (AvgIpc) is 2.58. The van der Waals surface area contributed by atoms with Gasteiger partial charge in [-0.1, -0.05) is 42.8 Å².